The van der Waals surface area contributed by atoms with E-state index < -0.39 is 11.8 Å². The van der Waals surface area contributed by atoms with E-state index in [9.17, 15) is 9.59 Å². The Morgan fingerprint density at radius 2 is 2.08 bits per heavy atom. The molecule has 0 spiro atoms. The third-order valence-corrected chi connectivity index (χ3v) is 3.12. The van der Waals surface area contributed by atoms with Crippen LogP contribution in [0.4, 0.5) is 0 Å². The molecule has 2 aromatic rings. The Morgan fingerprint density at radius 3 is 2.83 bits per heavy atom. The van der Waals surface area contributed by atoms with E-state index in [2.05, 4.69) is 22.4 Å². The molecule has 124 valence electrons. The van der Waals surface area contributed by atoms with Crippen LogP contribution >= 0.6 is 11.6 Å². The maximum absolute atomic E-state index is 11.5. The highest BCUT2D eigenvalue weighted by molar-refractivity contribution is 6.30. The van der Waals surface area contributed by atoms with Gasteiger partial charge in [-0.25, -0.2) is 5.43 Å². The van der Waals surface area contributed by atoms with E-state index in [-0.39, 0.29) is 6.42 Å². The molecule has 0 aliphatic heterocycles. The first-order chi connectivity index (χ1) is 11.6. The van der Waals surface area contributed by atoms with E-state index >= 15 is 0 Å². The zero-order chi connectivity index (χ0) is 17.4. The molecule has 0 saturated carbocycles. The lowest BCUT2D eigenvalue weighted by Crippen LogP contribution is -2.29. The van der Waals surface area contributed by atoms with Gasteiger partial charge >= 0.3 is 0 Å². The van der Waals surface area contributed by atoms with E-state index in [0.29, 0.717) is 23.1 Å². The van der Waals surface area contributed by atoms with Crippen LogP contribution in [0.1, 0.15) is 12.2 Å². The monoisotopic (exact) mass is 345 g/mol. The van der Waals surface area contributed by atoms with Gasteiger partial charge in [0.2, 0.25) is 11.8 Å². The molecule has 1 heterocycles. The van der Waals surface area contributed by atoms with Crippen LogP contribution in [0.15, 0.2) is 58.6 Å². The minimum absolute atomic E-state index is 0.308. The summed E-state index contributed by atoms with van der Waals surface area (Å²) in [6.45, 7) is 3.78. The Hall–Kier alpha value is -2.86. The summed E-state index contributed by atoms with van der Waals surface area (Å²) in [5.41, 5.74) is 3.10. The van der Waals surface area contributed by atoms with Crippen molar-refractivity contribution in [3.8, 4) is 11.3 Å². The number of amides is 2. The molecule has 1 aromatic heterocycles. The molecule has 1 aromatic carbocycles. The van der Waals surface area contributed by atoms with Gasteiger partial charge in [0, 0.05) is 17.1 Å². The Bertz CT molecular complexity index is 768. The third-order valence-electron chi connectivity index (χ3n) is 2.88. The van der Waals surface area contributed by atoms with E-state index in [1.54, 1.807) is 24.3 Å². The number of hydrogen-bond donors (Lipinski definition) is 2. The molecule has 2 rings (SSSR count). The highest BCUT2D eigenvalue weighted by Gasteiger charge is 2.07. The summed E-state index contributed by atoms with van der Waals surface area (Å²) in [5.74, 6) is 0.175. The molecule has 7 heteroatoms. The van der Waals surface area contributed by atoms with Gasteiger partial charge in [0.15, 0.2) is 0 Å². The highest BCUT2D eigenvalue weighted by atomic mass is 35.5. The summed E-state index contributed by atoms with van der Waals surface area (Å²) < 4.78 is 5.59. The van der Waals surface area contributed by atoms with Gasteiger partial charge in [-0.15, -0.1) is 6.58 Å². The van der Waals surface area contributed by atoms with Gasteiger partial charge in [-0.1, -0.05) is 29.8 Å². The van der Waals surface area contributed by atoms with Gasteiger partial charge in [-0.05, 0) is 24.3 Å². The van der Waals surface area contributed by atoms with Crippen LogP contribution in [-0.4, -0.2) is 24.6 Å². The number of benzene rings is 1. The van der Waals surface area contributed by atoms with Crippen LogP contribution < -0.4 is 10.7 Å². The van der Waals surface area contributed by atoms with Gasteiger partial charge < -0.3 is 9.73 Å². The number of hydrazone groups is 1. The number of nitrogens with one attached hydrogen (secondary N) is 2. The zero-order valence-electron chi connectivity index (χ0n) is 12.8. The number of nitrogens with zero attached hydrogens (tertiary/aromatic N) is 1. The molecular weight excluding hydrogens is 330 g/mol. The summed E-state index contributed by atoms with van der Waals surface area (Å²) in [4.78, 5) is 22.8. The lowest BCUT2D eigenvalue weighted by atomic mass is 10.2. The minimum Gasteiger partial charge on any atom is -0.455 e. The second-order valence-corrected chi connectivity index (χ2v) is 5.21. The SMILES string of the molecule is C=CCNC(=O)CC(=O)N/N=C\c1ccc(-c2cccc(Cl)c2)o1. The Morgan fingerprint density at radius 1 is 1.25 bits per heavy atom. The molecular formula is C17H16ClN3O3. The number of furan rings is 1. The van der Waals surface area contributed by atoms with E-state index in [1.807, 2.05) is 12.1 Å². The van der Waals surface area contributed by atoms with Crippen molar-refractivity contribution in [3.63, 3.8) is 0 Å². The maximum Gasteiger partial charge on any atom is 0.249 e. The number of carbonyl (C=O) groups is 2. The van der Waals surface area contributed by atoms with Crippen molar-refractivity contribution < 1.29 is 14.0 Å². The molecule has 0 fully saturated rings. The number of rotatable bonds is 7. The van der Waals surface area contributed by atoms with Crippen molar-refractivity contribution in [1.82, 2.24) is 10.7 Å². The minimum atomic E-state index is -0.519. The largest absolute Gasteiger partial charge is 0.455 e. The second kappa shape index (κ2) is 8.69. The third kappa shape index (κ3) is 5.40. The molecule has 2 N–H and O–H groups in total. The average Bonchev–Trinajstić information content (AvgIpc) is 3.02. The van der Waals surface area contributed by atoms with Gasteiger partial charge in [-0.2, -0.15) is 5.10 Å². The van der Waals surface area contributed by atoms with E-state index in [0.717, 1.165) is 5.56 Å². The summed E-state index contributed by atoms with van der Waals surface area (Å²) in [6, 6.07) is 10.7. The maximum atomic E-state index is 11.5. The molecule has 2 amide bonds. The first kappa shape index (κ1) is 17.5. The first-order valence-electron chi connectivity index (χ1n) is 7.14. The molecule has 0 aliphatic carbocycles. The van der Waals surface area contributed by atoms with Crippen molar-refractivity contribution in [2.24, 2.45) is 5.10 Å². The molecule has 0 saturated heterocycles. The second-order valence-electron chi connectivity index (χ2n) is 4.78. The van der Waals surface area contributed by atoms with Crippen molar-refractivity contribution in [1.29, 1.82) is 0 Å². The van der Waals surface area contributed by atoms with Crippen LogP contribution in [0.25, 0.3) is 11.3 Å². The number of hydrogen-bond acceptors (Lipinski definition) is 4. The van der Waals surface area contributed by atoms with Gasteiger partial charge in [0.05, 0.1) is 6.21 Å². The zero-order valence-corrected chi connectivity index (χ0v) is 13.5. The number of carbonyl (C=O) groups excluding carboxylic acids is 2. The number of halogens is 1. The van der Waals surface area contributed by atoms with Gasteiger partial charge in [0.25, 0.3) is 0 Å². The topological polar surface area (TPSA) is 83.7 Å². The van der Waals surface area contributed by atoms with Crippen LogP contribution in [0.5, 0.6) is 0 Å². The van der Waals surface area contributed by atoms with Crippen LogP contribution in [-0.2, 0) is 9.59 Å². The molecule has 24 heavy (non-hydrogen) atoms. The Kier molecular flexibility index (Phi) is 6.33. The average molecular weight is 346 g/mol. The smallest absolute Gasteiger partial charge is 0.249 e. The van der Waals surface area contributed by atoms with Crippen molar-refractivity contribution in [3.05, 3.63) is 59.8 Å². The molecule has 6 nitrogen and oxygen atoms in total. The lowest BCUT2D eigenvalue weighted by Gasteiger charge is -2.00. The Balaban J connectivity index is 1.88. The fourth-order valence-electron chi connectivity index (χ4n) is 1.82. The van der Waals surface area contributed by atoms with Crippen molar-refractivity contribution >= 4 is 29.6 Å². The Labute approximate surface area is 144 Å². The fraction of sp³-hybridized carbons (Fsp3) is 0.118. The molecule has 0 atom stereocenters. The van der Waals surface area contributed by atoms with Gasteiger partial charge in [-0.3, -0.25) is 9.59 Å². The van der Waals surface area contributed by atoms with E-state index in [4.69, 9.17) is 16.0 Å². The summed E-state index contributed by atoms with van der Waals surface area (Å²) in [5, 5.41) is 6.87. The molecule has 0 aliphatic rings. The molecule has 0 radical (unpaired) electrons. The summed E-state index contributed by atoms with van der Waals surface area (Å²) in [6.07, 6.45) is 2.58. The van der Waals surface area contributed by atoms with Crippen LogP contribution in [0.2, 0.25) is 5.02 Å². The van der Waals surface area contributed by atoms with Crippen LogP contribution in [0.3, 0.4) is 0 Å². The molecule has 0 bridgehead atoms. The standard InChI is InChI=1S/C17H16ClN3O3/c1-2-8-19-16(22)10-17(23)21-20-11-14-6-7-15(24-14)12-4-3-5-13(18)9-12/h2-7,9,11H,1,8,10H2,(H,19,22)(H,21,23)/b20-11-. The quantitative estimate of drug-likeness (QED) is 0.350. The predicted molar refractivity (Wildman–Crippen MR) is 92.7 cm³/mol. The van der Waals surface area contributed by atoms with Gasteiger partial charge in [0.1, 0.15) is 17.9 Å². The lowest BCUT2D eigenvalue weighted by molar-refractivity contribution is -0.129. The van der Waals surface area contributed by atoms with Crippen LogP contribution in [0, 0.1) is 0 Å². The first-order valence-corrected chi connectivity index (χ1v) is 7.51. The van der Waals surface area contributed by atoms with Crippen molar-refractivity contribution in [2.75, 3.05) is 6.54 Å². The summed E-state index contributed by atoms with van der Waals surface area (Å²) >= 11 is 5.94. The predicted octanol–water partition coefficient (Wildman–Crippen LogP) is 2.74. The molecule has 0 unspecified atom stereocenters. The summed E-state index contributed by atoms with van der Waals surface area (Å²) in [7, 11) is 0. The van der Waals surface area contributed by atoms with E-state index in [1.165, 1.54) is 12.3 Å². The normalized spacial score (nSPS) is 10.5. The fourth-order valence-corrected chi connectivity index (χ4v) is 2.01. The highest BCUT2D eigenvalue weighted by Crippen LogP contribution is 2.24. The van der Waals surface area contributed by atoms with Crippen molar-refractivity contribution in [2.45, 2.75) is 6.42 Å².